The van der Waals surface area contributed by atoms with Crippen LogP contribution in [0.15, 0.2) is 78.9 Å². The molecule has 8 heteroatoms. The van der Waals surface area contributed by atoms with Crippen LogP contribution in [0.5, 0.6) is 5.75 Å². The van der Waals surface area contributed by atoms with E-state index in [0.717, 1.165) is 16.8 Å². The van der Waals surface area contributed by atoms with Crippen LogP contribution in [-0.2, 0) is 22.6 Å². The number of carbonyl (C=O) groups excluding carboxylic acids is 1. The molecule has 0 fully saturated rings. The summed E-state index contributed by atoms with van der Waals surface area (Å²) >= 11 is 5.47. The standard InChI is InChI=1S/C32H39N3O4S/c1-21(2)18-28(35-32(40)33-26-14-12-25(13-15-26)22(3)4)30(36)34-29(31(37)38)19-23-10-16-27(17-11-23)39-20-24-8-6-5-7-9-24/h5-17,21-22,28-29H,18-20H2,1-4H3,(H,34,36)(H,37,38)(H2,33,35,40). The minimum Gasteiger partial charge on any atom is -0.489 e. The Morgan fingerprint density at radius 2 is 1.48 bits per heavy atom. The zero-order valence-electron chi connectivity index (χ0n) is 23.5. The fourth-order valence-corrected chi connectivity index (χ4v) is 4.41. The van der Waals surface area contributed by atoms with Crippen LogP contribution in [0.4, 0.5) is 5.69 Å². The molecule has 1 amide bonds. The largest absolute Gasteiger partial charge is 0.489 e. The van der Waals surface area contributed by atoms with E-state index in [2.05, 4.69) is 29.8 Å². The van der Waals surface area contributed by atoms with Gasteiger partial charge in [-0.15, -0.1) is 0 Å². The summed E-state index contributed by atoms with van der Waals surface area (Å²) in [6.45, 7) is 8.70. The van der Waals surface area contributed by atoms with Gasteiger partial charge in [-0.05, 0) is 71.4 Å². The highest BCUT2D eigenvalue weighted by atomic mass is 32.1. The van der Waals surface area contributed by atoms with Gasteiger partial charge in [-0.3, -0.25) is 4.79 Å². The van der Waals surface area contributed by atoms with Gasteiger partial charge in [0.1, 0.15) is 24.4 Å². The SMILES string of the molecule is CC(C)CC(NC(=S)Nc1ccc(C(C)C)cc1)C(=O)NC(Cc1ccc(OCc2ccccc2)cc1)C(=O)O. The maximum absolute atomic E-state index is 13.2. The third kappa shape index (κ3) is 10.0. The highest BCUT2D eigenvalue weighted by Gasteiger charge is 2.27. The number of hydrogen-bond donors (Lipinski definition) is 4. The van der Waals surface area contributed by atoms with Gasteiger partial charge in [-0.2, -0.15) is 0 Å². The molecule has 0 aliphatic rings. The van der Waals surface area contributed by atoms with E-state index in [0.29, 0.717) is 29.8 Å². The van der Waals surface area contributed by atoms with E-state index < -0.39 is 24.0 Å². The van der Waals surface area contributed by atoms with Crippen LogP contribution in [0.25, 0.3) is 0 Å². The number of thiocarbonyl (C=S) groups is 1. The van der Waals surface area contributed by atoms with Gasteiger partial charge in [0.05, 0.1) is 0 Å². The van der Waals surface area contributed by atoms with Crippen molar-refractivity contribution in [3.05, 3.63) is 95.6 Å². The Morgan fingerprint density at radius 3 is 2.05 bits per heavy atom. The molecule has 4 N–H and O–H groups in total. The number of carbonyl (C=O) groups is 2. The van der Waals surface area contributed by atoms with E-state index in [1.54, 1.807) is 12.1 Å². The van der Waals surface area contributed by atoms with Crippen molar-refractivity contribution in [3.63, 3.8) is 0 Å². The number of rotatable bonds is 13. The minimum absolute atomic E-state index is 0.138. The molecular formula is C32H39N3O4S. The van der Waals surface area contributed by atoms with Gasteiger partial charge in [0.25, 0.3) is 0 Å². The van der Waals surface area contributed by atoms with Gasteiger partial charge in [-0.1, -0.05) is 82.3 Å². The Morgan fingerprint density at radius 1 is 0.825 bits per heavy atom. The van der Waals surface area contributed by atoms with Crippen LogP contribution >= 0.6 is 12.2 Å². The second-order valence-electron chi connectivity index (χ2n) is 10.6. The van der Waals surface area contributed by atoms with Crippen molar-refractivity contribution < 1.29 is 19.4 Å². The lowest BCUT2D eigenvalue weighted by Crippen LogP contribution is -2.53. The average Bonchev–Trinajstić information content (AvgIpc) is 2.92. The molecule has 2 atom stereocenters. The molecular weight excluding hydrogens is 522 g/mol. The predicted octanol–water partition coefficient (Wildman–Crippen LogP) is 5.90. The monoisotopic (exact) mass is 561 g/mol. The number of nitrogens with one attached hydrogen (secondary N) is 3. The highest BCUT2D eigenvalue weighted by molar-refractivity contribution is 7.80. The summed E-state index contributed by atoms with van der Waals surface area (Å²) in [6.07, 6.45) is 0.624. The van der Waals surface area contributed by atoms with E-state index in [-0.39, 0.29) is 12.3 Å². The molecule has 0 radical (unpaired) electrons. The first-order chi connectivity index (χ1) is 19.1. The normalized spacial score (nSPS) is 12.4. The number of benzene rings is 3. The summed E-state index contributed by atoms with van der Waals surface area (Å²) in [5, 5.41) is 19.1. The fourth-order valence-electron chi connectivity index (χ4n) is 4.15. The quantitative estimate of drug-likeness (QED) is 0.193. The smallest absolute Gasteiger partial charge is 0.326 e. The first-order valence-electron chi connectivity index (χ1n) is 13.6. The maximum Gasteiger partial charge on any atom is 0.326 e. The molecule has 0 aromatic heterocycles. The van der Waals surface area contributed by atoms with Crippen LogP contribution in [0, 0.1) is 5.92 Å². The van der Waals surface area contributed by atoms with E-state index in [1.807, 2.05) is 80.6 Å². The van der Waals surface area contributed by atoms with Gasteiger partial charge in [-0.25, -0.2) is 4.79 Å². The summed E-state index contributed by atoms with van der Waals surface area (Å²) in [5.41, 5.74) is 3.86. The van der Waals surface area contributed by atoms with Crippen molar-refractivity contribution in [2.45, 2.75) is 65.1 Å². The zero-order chi connectivity index (χ0) is 29.1. The van der Waals surface area contributed by atoms with Gasteiger partial charge in [0.15, 0.2) is 5.11 Å². The number of carboxylic acid groups (broad SMARTS) is 1. The summed E-state index contributed by atoms with van der Waals surface area (Å²) in [6, 6.07) is 23.3. The van der Waals surface area contributed by atoms with Crippen LogP contribution in [0.2, 0.25) is 0 Å². The Kier molecular flexibility index (Phi) is 11.5. The summed E-state index contributed by atoms with van der Waals surface area (Å²) < 4.78 is 5.82. The van der Waals surface area contributed by atoms with E-state index >= 15 is 0 Å². The molecule has 0 saturated carbocycles. The number of hydrogen-bond acceptors (Lipinski definition) is 4. The lowest BCUT2D eigenvalue weighted by atomic mass is 10.0. The number of ether oxygens (including phenoxy) is 1. The average molecular weight is 562 g/mol. The maximum atomic E-state index is 13.2. The summed E-state index contributed by atoms with van der Waals surface area (Å²) in [5.74, 6) is -0.228. The molecule has 212 valence electrons. The lowest BCUT2D eigenvalue weighted by Gasteiger charge is -2.24. The van der Waals surface area contributed by atoms with E-state index in [1.165, 1.54) is 5.56 Å². The molecule has 0 aliphatic heterocycles. The summed E-state index contributed by atoms with van der Waals surface area (Å²) in [4.78, 5) is 25.3. The second-order valence-corrected chi connectivity index (χ2v) is 11.0. The number of amides is 1. The Balaban J connectivity index is 1.59. The number of carboxylic acids is 1. The molecule has 3 aromatic carbocycles. The Labute approximate surface area is 242 Å². The third-order valence-corrected chi connectivity index (χ3v) is 6.61. The van der Waals surface area contributed by atoms with Crippen molar-refractivity contribution >= 4 is 34.9 Å². The van der Waals surface area contributed by atoms with E-state index in [9.17, 15) is 14.7 Å². The highest BCUT2D eigenvalue weighted by Crippen LogP contribution is 2.18. The van der Waals surface area contributed by atoms with Crippen molar-refractivity contribution in [2.24, 2.45) is 5.92 Å². The Bertz CT molecular complexity index is 1250. The van der Waals surface area contributed by atoms with Gasteiger partial charge < -0.3 is 25.8 Å². The number of anilines is 1. The minimum atomic E-state index is -1.10. The van der Waals surface area contributed by atoms with Crippen LogP contribution in [-0.4, -0.2) is 34.2 Å². The van der Waals surface area contributed by atoms with Gasteiger partial charge in [0, 0.05) is 12.1 Å². The van der Waals surface area contributed by atoms with Crippen molar-refractivity contribution in [2.75, 3.05) is 5.32 Å². The first-order valence-corrected chi connectivity index (χ1v) is 14.0. The molecule has 3 aromatic rings. The zero-order valence-corrected chi connectivity index (χ0v) is 24.3. The molecule has 0 heterocycles. The van der Waals surface area contributed by atoms with Gasteiger partial charge >= 0.3 is 5.97 Å². The van der Waals surface area contributed by atoms with E-state index in [4.69, 9.17) is 17.0 Å². The molecule has 0 spiro atoms. The fraction of sp³-hybridized carbons (Fsp3) is 0.344. The molecule has 0 bridgehead atoms. The van der Waals surface area contributed by atoms with Crippen molar-refractivity contribution in [3.8, 4) is 5.75 Å². The molecule has 2 unspecified atom stereocenters. The van der Waals surface area contributed by atoms with Crippen molar-refractivity contribution in [1.29, 1.82) is 0 Å². The van der Waals surface area contributed by atoms with Crippen LogP contribution in [0.1, 0.15) is 56.7 Å². The van der Waals surface area contributed by atoms with Crippen LogP contribution < -0.4 is 20.7 Å². The Hall–Kier alpha value is -3.91. The molecule has 0 saturated heterocycles. The lowest BCUT2D eigenvalue weighted by molar-refractivity contribution is -0.142. The topological polar surface area (TPSA) is 99.7 Å². The van der Waals surface area contributed by atoms with Crippen molar-refractivity contribution in [1.82, 2.24) is 10.6 Å². The first kappa shape index (κ1) is 30.6. The predicted molar refractivity (Wildman–Crippen MR) is 164 cm³/mol. The molecule has 3 rings (SSSR count). The molecule has 0 aliphatic carbocycles. The van der Waals surface area contributed by atoms with Gasteiger partial charge in [0.2, 0.25) is 5.91 Å². The third-order valence-electron chi connectivity index (χ3n) is 6.39. The van der Waals surface area contributed by atoms with Crippen LogP contribution in [0.3, 0.4) is 0 Å². The number of aliphatic carboxylic acids is 1. The molecule has 40 heavy (non-hydrogen) atoms. The summed E-state index contributed by atoms with van der Waals surface area (Å²) in [7, 11) is 0. The molecule has 7 nitrogen and oxygen atoms in total. The second kappa shape index (κ2) is 15.0.